The minimum atomic E-state index is 0.340. The van der Waals surface area contributed by atoms with Crippen molar-refractivity contribution in [2.75, 3.05) is 66.1 Å². The van der Waals surface area contributed by atoms with Crippen LogP contribution in [0.5, 0.6) is 23.0 Å². The van der Waals surface area contributed by atoms with E-state index in [0.717, 1.165) is 78.9 Å². The maximum absolute atomic E-state index is 6.77. The predicted octanol–water partition coefficient (Wildman–Crippen LogP) is 8.15. The normalized spacial score (nSPS) is 15.5. The first-order valence-electron chi connectivity index (χ1n) is 20.8. The summed E-state index contributed by atoms with van der Waals surface area (Å²) < 4.78 is 49.3. The van der Waals surface area contributed by atoms with Gasteiger partial charge in [0, 0.05) is 31.7 Å². The first kappa shape index (κ1) is 41.0. The Bertz CT molecular complexity index is 2110. The van der Waals surface area contributed by atoms with Crippen LogP contribution in [-0.4, -0.2) is 76.0 Å². The molecule has 6 aromatic rings. The number of fused-ring (bicyclic) bond motifs is 8. The highest BCUT2D eigenvalue weighted by Crippen LogP contribution is 2.36. The summed E-state index contributed by atoms with van der Waals surface area (Å²) in [6, 6.07) is 37.7. The first-order valence-corrected chi connectivity index (χ1v) is 20.8. The van der Waals surface area contributed by atoms with Gasteiger partial charge < -0.3 is 37.9 Å². The molecule has 0 N–H and O–H groups in total. The van der Waals surface area contributed by atoms with Crippen molar-refractivity contribution < 1.29 is 37.9 Å². The number of aromatic nitrogens is 2. The highest BCUT2D eigenvalue weighted by Gasteiger charge is 2.19. The van der Waals surface area contributed by atoms with Gasteiger partial charge in [0.05, 0.1) is 64.2 Å². The Morgan fingerprint density at radius 2 is 0.767 bits per heavy atom. The van der Waals surface area contributed by atoms with E-state index in [1.54, 1.807) is 12.4 Å². The van der Waals surface area contributed by atoms with Gasteiger partial charge in [-0.2, -0.15) is 0 Å². The second kappa shape index (κ2) is 21.5. The van der Waals surface area contributed by atoms with Gasteiger partial charge >= 0.3 is 0 Å². The maximum Gasteiger partial charge on any atom is 0.130 e. The third-order valence-electron chi connectivity index (χ3n) is 10.3. The molecule has 4 aromatic carbocycles. The third-order valence-corrected chi connectivity index (χ3v) is 10.3. The highest BCUT2D eigenvalue weighted by molar-refractivity contribution is 5.53. The van der Waals surface area contributed by atoms with Gasteiger partial charge in [0.2, 0.25) is 0 Å². The van der Waals surface area contributed by atoms with E-state index in [1.807, 2.05) is 36.4 Å². The molecule has 10 bridgehead atoms. The van der Waals surface area contributed by atoms with Gasteiger partial charge in [-0.3, -0.25) is 9.97 Å². The van der Waals surface area contributed by atoms with Crippen LogP contribution in [0, 0.1) is 0 Å². The summed E-state index contributed by atoms with van der Waals surface area (Å²) in [4.78, 5) is 9.12. The lowest BCUT2D eigenvalue weighted by Gasteiger charge is -2.21. The average Bonchev–Trinajstić information content (AvgIpc) is 3.26. The van der Waals surface area contributed by atoms with Crippen molar-refractivity contribution in [3.05, 3.63) is 177 Å². The van der Waals surface area contributed by atoms with Crippen molar-refractivity contribution in [3.63, 3.8) is 0 Å². The summed E-state index contributed by atoms with van der Waals surface area (Å²) in [5.74, 6) is 3.27. The van der Waals surface area contributed by atoms with Crippen molar-refractivity contribution in [3.8, 4) is 23.0 Å². The number of ether oxygens (including phenoxy) is 8. The average molecular weight is 809 g/mol. The van der Waals surface area contributed by atoms with E-state index < -0.39 is 0 Å². The quantitative estimate of drug-likeness (QED) is 0.164. The van der Waals surface area contributed by atoms with Crippen LogP contribution in [0.15, 0.2) is 122 Å². The third kappa shape index (κ3) is 11.9. The van der Waals surface area contributed by atoms with Crippen molar-refractivity contribution in [2.24, 2.45) is 0 Å². The SMILES string of the molecule is c1ccc(COc2c3cccc2Cc2cccc(c2OCc2ccccn2)Cc2cc4cc(c2)OCCOCCOCCOCCOCCOc2cc(cc(c2)C3)C4)nc1. The fourth-order valence-corrected chi connectivity index (χ4v) is 7.57. The second-order valence-corrected chi connectivity index (χ2v) is 14.9. The summed E-state index contributed by atoms with van der Waals surface area (Å²) in [7, 11) is 0. The molecule has 0 radical (unpaired) electrons. The van der Waals surface area contributed by atoms with Gasteiger partial charge in [0.15, 0.2) is 0 Å². The molecule has 0 amide bonds. The van der Waals surface area contributed by atoms with Crippen LogP contribution < -0.4 is 18.9 Å². The van der Waals surface area contributed by atoms with E-state index in [0.29, 0.717) is 105 Å². The Morgan fingerprint density at radius 3 is 1.17 bits per heavy atom. The smallest absolute Gasteiger partial charge is 0.130 e. The number of para-hydroxylation sites is 2. The maximum atomic E-state index is 6.77. The molecule has 10 heteroatoms. The van der Waals surface area contributed by atoms with Crippen LogP contribution in [-0.2, 0) is 57.8 Å². The lowest BCUT2D eigenvalue weighted by atomic mass is 9.92. The molecule has 1 aliphatic heterocycles. The standard InChI is InChI=1S/C50H52N2O8/c1-3-13-51-45(11-1)35-59-49-41-7-5-9-43(49)34-44-10-6-8-42(50(44)60-36-46-12-2-4-14-52-46)29-40-27-38-25-37-26-39(28-41)32-47(30-37)57-23-21-55-19-17-53-15-16-54-18-20-56-22-24-58-48(31-38)33-40/h1-14,26-27,30-33H,15-25,28-29,34-36H2. The summed E-state index contributed by atoms with van der Waals surface area (Å²) in [6.45, 7) is 5.34. The number of pyridine rings is 2. The molecular formula is C50H52N2O8. The lowest BCUT2D eigenvalue weighted by Crippen LogP contribution is -2.14. The van der Waals surface area contributed by atoms with E-state index in [4.69, 9.17) is 37.9 Å². The molecule has 10 nitrogen and oxygen atoms in total. The van der Waals surface area contributed by atoms with Crippen LogP contribution in [0.2, 0.25) is 0 Å². The zero-order chi connectivity index (χ0) is 40.6. The van der Waals surface area contributed by atoms with Crippen molar-refractivity contribution in [1.29, 1.82) is 0 Å². The predicted molar refractivity (Wildman–Crippen MR) is 228 cm³/mol. The molecule has 0 saturated heterocycles. The summed E-state index contributed by atoms with van der Waals surface area (Å²) in [5, 5.41) is 0. The molecular weight excluding hydrogens is 757 g/mol. The van der Waals surface area contributed by atoms with Crippen LogP contribution in [0.4, 0.5) is 0 Å². The van der Waals surface area contributed by atoms with E-state index in [-0.39, 0.29) is 0 Å². The fourth-order valence-electron chi connectivity index (χ4n) is 7.57. The molecule has 1 aliphatic carbocycles. The van der Waals surface area contributed by atoms with Gasteiger partial charge in [0.25, 0.3) is 0 Å². The Balaban J connectivity index is 1.20. The highest BCUT2D eigenvalue weighted by atomic mass is 16.6. The van der Waals surface area contributed by atoms with Crippen LogP contribution in [0.1, 0.15) is 55.9 Å². The zero-order valence-corrected chi connectivity index (χ0v) is 34.0. The lowest BCUT2D eigenvalue weighted by molar-refractivity contribution is -0.00699. The largest absolute Gasteiger partial charge is 0.491 e. The molecule has 8 rings (SSSR count). The van der Waals surface area contributed by atoms with Gasteiger partial charge in [-0.15, -0.1) is 0 Å². The second-order valence-electron chi connectivity index (χ2n) is 14.9. The molecule has 3 heterocycles. The van der Waals surface area contributed by atoms with Gasteiger partial charge in [-0.25, -0.2) is 0 Å². The van der Waals surface area contributed by atoms with E-state index in [2.05, 4.69) is 82.8 Å². The topological polar surface area (TPSA) is 99.6 Å². The van der Waals surface area contributed by atoms with Gasteiger partial charge in [-0.1, -0.05) is 60.7 Å². The molecule has 0 atom stereocenters. The van der Waals surface area contributed by atoms with E-state index in [9.17, 15) is 0 Å². The van der Waals surface area contributed by atoms with Crippen molar-refractivity contribution in [2.45, 2.75) is 38.9 Å². The van der Waals surface area contributed by atoms with Gasteiger partial charge in [0.1, 0.15) is 49.4 Å². The minimum Gasteiger partial charge on any atom is -0.491 e. The van der Waals surface area contributed by atoms with E-state index >= 15 is 0 Å². The monoisotopic (exact) mass is 808 g/mol. The Morgan fingerprint density at radius 1 is 0.383 bits per heavy atom. The van der Waals surface area contributed by atoms with Crippen molar-refractivity contribution in [1.82, 2.24) is 9.97 Å². The molecule has 310 valence electrons. The summed E-state index contributed by atoms with van der Waals surface area (Å²) in [6.07, 6.45) is 6.12. The van der Waals surface area contributed by atoms with E-state index in [1.165, 1.54) is 0 Å². The van der Waals surface area contributed by atoms with Crippen LogP contribution in [0.3, 0.4) is 0 Å². The molecule has 2 aromatic heterocycles. The minimum absolute atomic E-state index is 0.340. The zero-order valence-electron chi connectivity index (χ0n) is 34.0. The molecule has 2 aliphatic rings. The first-order chi connectivity index (χ1) is 29.7. The fraction of sp³-hybridized carbons (Fsp3) is 0.320. The Labute approximate surface area is 352 Å². The van der Waals surface area contributed by atoms with Crippen LogP contribution >= 0.6 is 0 Å². The number of rotatable bonds is 6. The number of benzene rings is 4. The molecule has 0 fully saturated rings. The number of hydrogen-bond acceptors (Lipinski definition) is 10. The molecule has 0 unspecified atom stereocenters. The summed E-state index contributed by atoms with van der Waals surface area (Å²) in [5.41, 5.74) is 10.5. The Hall–Kier alpha value is -5.78. The van der Waals surface area contributed by atoms with Crippen molar-refractivity contribution >= 4 is 0 Å². The van der Waals surface area contributed by atoms with Gasteiger partial charge in [-0.05, 0) is 99.5 Å². The van der Waals surface area contributed by atoms with Crippen LogP contribution in [0.25, 0.3) is 0 Å². The number of nitrogens with zero attached hydrogens (tertiary/aromatic N) is 2. The molecule has 60 heavy (non-hydrogen) atoms. The molecule has 0 spiro atoms. The summed E-state index contributed by atoms with van der Waals surface area (Å²) >= 11 is 0. The Kier molecular flexibility index (Phi) is 14.7. The molecule has 0 saturated carbocycles. The number of hydrogen-bond donors (Lipinski definition) is 0.